The number of hydrogen-bond donors (Lipinski definition) is 0. The van der Waals surface area contributed by atoms with Gasteiger partial charge in [-0.2, -0.15) is 8.78 Å². The second kappa shape index (κ2) is 7.63. The molecule has 0 aliphatic heterocycles. The van der Waals surface area contributed by atoms with Crippen LogP contribution in [0.25, 0.3) is 0 Å². The van der Waals surface area contributed by atoms with Crippen molar-refractivity contribution in [3.8, 4) is 0 Å². The van der Waals surface area contributed by atoms with Crippen LogP contribution >= 0.6 is 15.9 Å². The van der Waals surface area contributed by atoms with Gasteiger partial charge in [0, 0.05) is 6.42 Å². The second-order valence-electron chi connectivity index (χ2n) is 3.06. The average Bonchev–Trinajstić information content (AvgIpc) is 2.13. The van der Waals surface area contributed by atoms with Gasteiger partial charge in [0.25, 0.3) is 0 Å². The van der Waals surface area contributed by atoms with Gasteiger partial charge in [-0.25, -0.2) is 0 Å². The highest BCUT2D eigenvalue weighted by molar-refractivity contribution is 9.11. The van der Waals surface area contributed by atoms with E-state index >= 15 is 0 Å². The van der Waals surface area contributed by atoms with Crippen molar-refractivity contribution in [3.05, 3.63) is 34.5 Å². The predicted molar refractivity (Wildman–Crippen MR) is 61.9 cm³/mol. The van der Waals surface area contributed by atoms with Crippen LogP contribution in [0, 0.1) is 0 Å². The fourth-order valence-electron chi connectivity index (χ4n) is 0.844. The molecule has 0 aromatic carbocycles. The Morgan fingerprint density at radius 2 is 2.00 bits per heavy atom. The zero-order chi connectivity index (χ0) is 11.8. The van der Waals surface area contributed by atoms with Crippen molar-refractivity contribution in [2.75, 3.05) is 0 Å². The lowest BCUT2D eigenvalue weighted by Crippen LogP contribution is -1.98. The molecule has 0 rings (SSSR count). The number of alkyl halides is 2. The molecule has 0 saturated heterocycles. The highest BCUT2D eigenvalue weighted by Crippen LogP contribution is 2.17. The molecular formula is C11H15BrF2O. The Bertz CT molecular complexity index is 266. The van der Waals surface area contributed by atoms with Gasteiger partial charge in [0.2, 0.25) is 0 Å². The Labute approximate surface area is 97.6 Å². The summed E-state index contributed by atoms with van der Waals surface area (Å²) in [6.45, 7) is 4.54. The summed E-state index contributed by atoms with van der Waals surface area (Å²) in [6.07, 6.45) is 4.09. The van der Waals surface area contributed by atoms with Crippen LogP contribution in [-0.4, -0.2) is 6.61 Å². The van der Waals surface area contributed by atoms with Crippen molar-refractivity contribution in [3.63, 3.8) is 0 Å². The van der Waals surface area contributed by atoms with Crippen molar-refractivity contribution < 1.29 is 13.5 Å². The van der Waals surface area contributed by atoms with Gasteiger partial charge in [0.05, 0.1) is 0 Å². The van der Waals surface area contributed by atoms with Crippen molar-refractivity contribution >= 4 is 15.9 Å². The Morgan fingerprint density at radius 1 is 1.40 bits per heavy atom. The largest absolute Gasteiger partial charge is 0.439 e. The molecule has 0 aliphatic carbocycles. The SMILES string of the molecule is C=CCC(=CC/C(C)=C(\C)Br)OC(F)F. The maximum absolute atomic E-state index is 12.0. The van der Waals surface area contributed by atoms with Crippen molar-refractivity contribution in [2.45, 2.75) is 33.3 Å². The van der Waals surface area contributed by atoms with Crippen LogP contribution < -0.4 is 0 Å². The van der Waals surface area contributed by atoms with Crippen LogP contribution in [0.5, 0.6) is 0 Å². The van der Waals surface area contributed by atoms with E-state index in [4.69, 9.17) is 0 Å². The van der Waals surface area contributed by atoms with Crippen LogP contribution in [0.3, 0.4) is 0 Å². The molecule has 0 fully saturated rings. The fraction of sp³-hybridized carbons (Fsp3) is 0.455. The fourth-order valence-corrected chi connectivity index (χ4v) is 1.01. The normalized spacial score (nSPS) is 13.9. The monoisotopic (exact) mass is 280 g/mol. The van der Waals surface area contributed by atoms with E-state index in [9.17, 15) is 8.78 Å². The topological polar surface area (TPSA) is 9.23 Å². The molecule has 0 atom stereocenters. The van der Waals surface area contributed by atoms with Crippen molar-refractivity contribution in [1.29, 1.82) is 0 Å². The summed E-state index contributed by atoms with van der Waals surface area (Å²) in [5, 5.41) is 0. The van der Waals surface area contributed by atoms with E-state index < -0.39 is 6.61 Å². The van der Waals surface area contributed by atoms with E-state index in [1.54, 1.807) is 6.08 Å². The molecule has 0 bridgehead atoms. The molecular weight excluding hydrogens is 266 g/mol. The van der Waals surface area contributed by atoms with E-state index in [1.807, 2.05) is 13.8 Å². The number of hydrogen-bond acceptors (Lipinski definition) is 1. The van der Waals surface area contributed by atoms with E-state index in [0.29, 0.717) is 12.8 Å². The van der Waals surface area contributed by atoms with Gasteiger partial charge in [-0.15, -0.1) is 6.58 Å². The molecule has 0 aromatic heterocycles. The van der Waals surface area contributed by atoms with Crippen LogP contribution in [-0.2, 0) is 4.74 Å². The third-order valence-corrected chi connectivity index (χ3v) is 2.49. The number of rotatable bonds is 6. The van der Waals surface area contributed by atoms with Gasteiger partial charge in [0.1, 0.15) is 5.76 Å². The summed E-state index contributed by atoms with van der Waals surface area (Å²) >= 11 is 3.32. The number of halogens is 3. The lowest BCUT2D eigenvalue weighted by atomic mass is 10.2. The number of allylic oxidation sites excluding steroid dienone is 4. The molecule has 0 radical (unpaired) electrons. The Morgan fingerprint density at radius 3 is 2.40 bits per heavy atom. The lowest BCUT2D eigenvalue weighted by Gasteiger charge is -2.07. The molecule has 4 heteroatoms. The highest BCUT2D eigenvalue weighted by Gasteiger charge is 2.05. The summed E-state index contributed by atoms with van der Waals surface area (Å²) in [4.78, 5) is 0. The highest BCUT2D eigenvalue weighted by atomic mass is 79.9. The molecule has 0 unspecified atom stereocenters. The summed E-state index contributed by atoms with van der Waals surface area (Å²) in [6, 6.07) is 0. The van der Waals surface area contributed by atoms with Crippen LogP contribution in [0.4, 0.5) is 8.78 Å². The first kappa shape index (κ1) is 14.4. The predicted octanol–water partition coefficient (Wildman–Crippen LogP) is 4.76. The molecule has 0 aliphatic rings. The molecule has 1 nitrogen and oxygen atoms in total. The lowest BCUT2D eigenvalue weighted by molar-refractivity contribution is -0.0974. The average molecular weight is 281 g/mol. The second-order valence-corrected chi connectivity index (χ2v) is 4.25. The molecule has 0 heterocycles. The molecule has 0 aromatic rings. The third-order valence-electron chi connectivity index (χ3n) is 1.81. The minimum Gasteiger partial charge on any atom is -0.439 e. The van der Waals surface area contributed by atoms with E-state index in [1.165, 1.54) is 6.08 Å². The minimum absolute atomic E-state index is 0.258. The first-order valence-electron chi connectivity index (χ1n) is 4.54. The molecule has 0 N–H and O–H groups in total. The Kier molecular flexibility index (Phi) is 7.30. The first-order valence-corrected chi connectivity index (χ1v) is 5.33. The van der Waals surface area contributed by atoms with Gasteiger partial charge < -0.3 is 4.74 Å². The first-order chi connectivity index (χ1) is 6.97. The minimum atomic E-state index is -2.77. The molecule has 0 spiro atoms. The van der Waals surface area contributed by atoms with E-state index in [0.717, 1.165) is 10.1 Å². The smallest absolute Gasteiger partial charge is 0.387 e. The maximum atomic E-state index is 12.0. The van der Waals surface area contributed by atoms with E-state index in [2.05, 4.69) is 27.2 Å². The number of ether oxygens (including phenoxy) is 1. The van der Waals surface area contributed by atoms with Gasteiger partial charge >= 0.3 is 6.61 Å². The Balaban J connectivity index is 4.41. The van der Waals surface area contributed by atoms with Crippen LogP contribution in [0.2, 0.25) is 0 Å². The summed E-state index contributed by atoms with van der Waals surface area (Å²) in [7, 11) is 0. The molecule has 86 valence electrons. The maximum Gasteiger partial charge on any atom is 0.387 e. The molecule has 15 heavy (non-hydrogen) atoms. The summed E-state index contributed by atoms with van der Waals surface area (Å²) in [5.41, 5.74) is 1.08. The Hall–Kier alpha value is -0.640. The quantitative estimate of drug-likeness (QED) is 0.503. The van der Waals surface area contributed by atoms with Gasteiger partial charge in [-0.05, 0) is 30.8 Å². The third kappa shape index (κ3) is 7.31. The van der Waals surface area contributed by atoms with Gasteiger partial charge in [0.15, 0.2) is 0 Å². The zero-order valence-electron chi connectivity index (χ0n) is 8.90. The van der Waals surface area contributed by atoms with Gasteiger partial charge in [-0.3, -0.25) is 0 Å². The van der Waals surface area contributed by atoms with Crippen LogP contribution in [0.15, 0.2) is 34.5 Å². The molecule has 0 amide bonds. The zero-order valence-corrected chi connectivity index (χ0v) is 10.5. The van der Waals surface area contributed by atoms with Crippen molar-refractivity contribution in [1.82, 2.24) is 0 Å². The van der Waals surface area contributed by atoms with Crippen LogP contribution in [0.1, 0.15) is 26.7 Å². The summed E-state index contributed by atoms with van der Waals surface area (Å²) in [5.74, 6) is 0.258. The van der Waals surface area contributed by atoms with E-state index in [-0.39, 0.29) is 5.76 Å². The molecule has 0 saturated carbocycles. The van der Waals surface area contributed by atoms with Crippen molar-refractivity contribution in [2.24, 2.45) is 0 Å². The standard InChI is InChI=1S/C11H15BrF2O/c1-4-5-10(15-11(13)14)7-6-8(2)9(3)12/h4,7,11H,1,5-6H2,2-3H3/b9-8+,10-7?. The summed E-state index contributed by atoms with van der Waals surface area (Å²) < 4.78 is 29.3. The van der Waals surface area contributed by atoms with Gasteiger partial charge in [-0.1, -0.05) is 27.6 Å².